The molecule has 0 aliphatic rings. The van der Waals surface area contributed by atoms with Gasteiger partial charge >= 0.3 is 0 Å². The third-order valence-electron chi connectivity index (χ3n) is 4.41. The Morgan fingerprint density at radius 1 is 1.14 bits per heavy atom. The molecule has 1 amide bonds. The first-order valence-electron chi connectivity index (χ1n) is 8.93. The Labute approximate surface area is 166 Å². The van der Waals surface area contributed by atoms with Crippen molar-refractivity contribution in [2.75, 3.05) is 0 Å². The zero-order valence-corrected chi connectivity index (χ0v) is 16.1. The maximum atomic E-state index is 12.6. The van der Waals surface area contributed by atoms with Crippen molar-refractivity contribution in [1.82, 2.24) is 25.1 Å². The molecule has 7 heteroatoms. The van der Waals surface area contributed by atoms with Crippen LogP contribution in [-0.4, -0.2) is 25.7 Å². The average molecular weight is 389 g/mol. The van der Waals surface area contributed by atoms with E-state index in [0.29, 0.717) is 5.69 Å². The Kier molecular flexibility index (Phi) is 5.25. The van der Waals surface area contributed by atoms with E-state index in [-0.39, 0.29) is 11.9 Å². The summed E-state index contributed by atoms with van der Waals surface area (Å²) in [6.07, 6.45) is 3.88. The standard InChI is InChI=1S/C21H19N5OS/c1-15(17-7-9-18(10-8-17)26-14-22-13-23-26)24-21(27)19-12-28-20(25-19)11-16-5-3-2-4-6-16/h2-10,12-15H,11H2,1H3,(H,24,27)/t15-/m1/s1. The SMILES string of the molecule is C[C@@H](NC(=O)c1csc(Cc2ccccc2)n1)c1ccc(-n2cncn2)cc1. The number of benzene rings is 2. The summed E-state index contributed by atoms with van der Waals surface area (Å²) in [6.45, 7) is 1.96. The second-order valence-corrected chi connectivity index (χ2v) is 7.36. The zero-order chi connectivity index (χ0) is 19.3. The van der Waals surface area contributed by atoms with Gasteiger partial charge in [0.15, 0.2) is 0 Å². The highest BCUT2D eigenvalue weighted by Gasteiger charge is 2.15. The lowest BCUT2D eigenvalue weighted by atomic mass is 10.1. The predicted octanol–water partition coefficient (Wildman–Crippen LogP) is 3.81. The van der Waals surface area contributed by atoms with E-state index in [1.807, 2.05) is 54.8 Å². The summed E-state index contributed by atoms with van der Waals surface area (Å²) in [7, 11) is 0. The van der Waals surface area contributed by atoms with Gasteiger partial charge in [-0.3, -0.25) is 4.79 Å². The van der Waals surface area contributed by atoms with Gasteiger partial charge in [-0.2, -0.15) is 5.10 Å². The van der Waals surface area contributed by atoms with E-state index >= 15 is 0 Å². The molecular formula is C21H19N5OS. The molecule has 140 valence electrons. The third-order valence-corrected chi connectivity index (χ3v) is 5.26. The molecule has 2 aromatic carbocycles. The first-order valence-corrected chi connectivity index (χ1v) is 9.81. The van der Waals surface area contributed by atoms with Crippen LogP contribution in [0.25, 0.3) is 5.69 Å². The zero-order valence-electron chi connectivity index (χ0n) is 15.3. The van der Waals surface area contributed by atoms with E-state index < -0.39 is 0 Å². The van der Waals surface area contributed by atoms with Gasteiger partial charge in [-0.15, -0.1) is 11.3 Å². The fourth-order valence-corrected chi connectivity index (χ4v) is 3.69. The molecule has 6 nitrogen and oxygen atoms in total. The first-order chi connectivity index (χ1) is 13.7. The minimum absolute atomic E-state index is 0.128. The highest BCUT2D eigenvalue weighted by atomic mass is 32.1. The summed E-state index contributed by atoms with van der Waals surface area (Å²) in [4.78, 5) is 21.0. The van der Waals surface area contributed by atoms with Crippen LogP contribution >= 0.6 is 11.3 Å². The van der Waals surface area contributed by atoms with Crippen LogP contribution in [0, 0.1) is 0 Å². The summed E-state index contributed by atoms with van der Waals surface area (Å²) in [5.41, 5.74) is 3.58. The molecule has 4 rings (SSSR count). The number of aromatic nitrogens is 4. The second kappa shape index (κ2) is 8.14. The van der Waals surface area contributed by atoms with E-state index in [1.165, 1.54) is 23.2 Å². The van der Waals surface area contributed by atoms with Crippen molar-refractivity contribution in [3.63, 3.8) is 0 Å². The number of hydrogen-bond acceptors (Lipinski definition) is 5. The Morgan fingerprint density at radius 3 is 2.64 bits per heavy atom. The highest BCUT2D eigenvalue weighted by Crippen LogP contribution is 2.18. The molecule has 0 unspecified atom stereocenters. The van der Waals surface area contributed by atoms with Crippen molar-refractivity contribution in [1.29, 1.82) is 0 Å². The van der Waals surface area contributed by atoms with E-state index in [4.69, 9.17) is 0 Å². The molecule has 0 radical (unpaired) electrons. The molecule has 0 bridgehead atoms. The number of hydrogen-bond donors (Lipinski definition) is 1. The lowest BCUT2D eigenvalue weighted by molar-refractivity contribution is 0.0935. The van der Waals surface area contributed by atoms with Gasteiger partial charge in [0.05, 0.1) is 16.7 Å². The Morgan fingerprint density at radius 2 is 1.93 bits per heavy atom. The average Bonchev–Trinajstić information content (AvgIpc) is 3.41. The number of thiazole rings is 1. The molecule has 0 saturated carbocycles. The van der Waals surface area contributed by atoms with Gasteiger partial charge in [-0.25, -0.2) is 14.6 Å². The predicted molar refractivity (Wildman–Crippen MR) is 109 cm³/mol. The van der Waals surface area contributed by atoms with Gasteiger partial charge in [-0.1, -0.05) is 42.5 Å². The number of carbonyl (C=O) groups is 1. The van der Waals surface area contributed by atoms with Crippen molar-refractivity contribution < 1.29 is 4.79 Å². The topological polar surface area (TPSA) is 72.7 Å². The van der Waals surface area contributed by atoms with Crippen LogP contribution in [0.3, 0.4) is 0 Å². The maximum absolute atomic E-state index is 12.6. The molecule has 0 fully saturated rings. The van der Waals surface area contributed by atoms with Crippen molar-refractivity contribution in [3.8, 4) is 5.69 Å². The molecule has 1 N–H and O–H groups in total. The van der Waals surface area contributed by atoms with E-state index in [1.54, 1.807) is 11.0 Å². The van der Waals surface area contributed by atoms with Crippen molar-refractivity contribution in [3.05, 3.63) is 94.5 Å². The van der Waals surface area contributed by atoms with E-state index in [2.05, 4.69) is 32.5 Å². The normalized spacial score (nSPS) is 11.9. The van der Waals surface area contributed by atoms with Gasteiger partial charge in [0.25, 0.3) is 5.91 Å². The van der Waals surface area contributed by atoms with Crippen LogP contribution in [0.2, 0.25) is 0 Å². The molecule has 0 aliphatic heterocycles. The number of amides is 1. The summed E-state index contributed by atoms with van der Waals surface area (Å²) >= 11 is 1.51. The number of rotatable bonds is 6. The van der Waals surface area contributed by atoms with Crippen LogP contribution in [-0.2, 0) is 6.42 Å². The summed E-state index contributed by atoms with van der Waals surface area (Å²) in [6, 6.07) is 17.9. The molecule has 0 saturated heterocycles. The molecule has 28 heavy (non-hydrogen) atoms. The fourth-order valence-electron chi connectivity index (χ4n) is 2.88. The second-order valence-electron chi connectivity index (χ2n) is 6.42. The summed E-state index contributed by atoms with van der Waals surface area (Å²) in [5.74, 6) is -0.164. The lowest BCUT2D eigenvalue weighted by Crippen LogP contribution is -2.27. The number of nitrogens with zero attached hydrogens (tertiary/aromatic N) is 4. The molecule has 2 aromatic heterocycles. The monoisotopic (exact) mass is 389 g/mol. The first kappa shape index (κ1) is 18.1. The molecule has 4 aromatic rings. The summed E-state index contributed by atoms with van der Waals surface area (Å²) in [5, 5.41) is 9.87. The van der Waals surface area contributed by atoms with Crippen LogP contribution in [0.1, 0.15) is 39.6 Å². The molecule has 0 spiro atoms. The van der Waals surface area contributed by atoms with Gasteiger partial charge in [0.1, 0.15) is 18.3 Å². The van der Waals surface area contributed by atoms with E-state index in [9.17, 15) is 4.79 Å². The summed E-state index contributed by atoms with van der Waals surface area (Å²) < 4.78 is 1.69. The minimum atomic E-state index is -0.164. The molecule has 1 atom stereocenters. The quantitative estimate of drug-likeness (QED) is 0.544. The Balaban J connectivity index is 1.39. The van der Waals surface area contributed by atoms with Crippen LogP contribution < -0.4 is 5.32 Å². The molecule has 0 aliphatic carbocycles. The van der Waals surface area contributed by atoms with Crippen LogP contribution in [0.15, 0.2) is 72.6 Å². The van der Waals surface area contributed by atoms with Gasteiger partial charge in [0.2, 0.25) is 0 Å². The smallest absolute Gasteiger partial charge is 0.271 e. The number of nitrogens with one attached hydrogen (secondary N) is 1. The van der Waals surface area contributed by atoms with Gasteiger partial charge < -0.3 is 5.32 Å². The Hall–Kier alpha value is -3.32. The van der Waals surface area contributed by atoms with Crippen LogP contribution in [0.4, 0.5) is 0 Å². The van der Waals surface area contributed by atoms with Gasteiger partial charge in [-0.05, 0) is 30.2 Å². The molecule has 2 heterocycles. The number of carbonyl (C=O) groups excluding carboxylic acids is 1. The van der Waals surface area contributed by atoms with Crippen molar-refractivity contribution in [2.24, 2.45) is 0 Å². The highest BCUT2D eigenvalue weighted by molar-refractivity contribution is 7.09. The fraction of sp³-hybridized carbons (Fsp3) is 0.143. The van der Waals surface area contributed by atoms with Crippen molar-refractivity contribution in [2.45, 2.75) is 19.4 Å². The lowest BCUT2D eigenvalue weighted by Gasteiger charge is -2.14. The van der Waals surface area contributed by atoms with Gasteiger partial charge in [0, 0.05) is 11.8 Å². The van der Waals surface area contributed by atoms with Crippen LogP contribution in [0.5, 0.6) is 0 Å². The van der Waals surface area contributed by atoms with Crippen molar-refractivity contribution >= 4 is 17.2 Å². The maximum Gasteiger partial charge on any atom is 0.271 e. The largest absolute Gasteiger partial charge is 0.344 e. The third kappa shape index (κ3) is 4.15. The minimum Gasteiger partial charge on any atom is -0.344 e. The Bertz CT molecular complexity index is 1040. The van der Waals surface area contributed by atoms with E-state index in [0.717, 1.165) is 22.7 Å². The molecular weight excluding hydrogens is 370 g/mol.